The van der Waals surface area contributed by atoms with Gasteiger partial charge in [0.05, 0.1) is 24.7 Å². The highest BCUT2D eigenvalue weighted by Gasteiger charge is 2.24. The van der Waals surface area contributed by atoms with Crippen LogP contribution in [0.2, 0.25) is 5.02 Å². The fourth-order valence-corrected chi connectivity index (χ4v) is 2.33. The van der Waals surface area contributed by atoms with Crippen molar-refractivity contribution in [1.82, 2.24) is 10.3 Å². The van der Waals surface area contributed by atoms with Crippen molar-refractivity contribution in [3.8, 4) is 5.75 Å². The Bertz CT molecular complexity index is 727. The number of hydrogen-bond acceptors (Lipinski definition) is 4. The molecule has 1 fully saturated rings. The Balaban J connectivity index is 1.75. The van der Waals surface area contributed by atoms with Crippen LogP contribution >= 0.6 is 11.6 Å². The fraction of sp³-hybridized carbons (Fsp3) is 0.294. The Morgan fingerprint density at radius 3 is 2.74 bits per heavy atom. The summed E-state index contributed by atoms with van der Waals surface area (Å²) < 4.78 is 5.33. The van der Waals surface area contributed by atoms with Crippen LogP contribution in [0.1, 0.15) is 28.9 Å². The van der Waals surface area contributed by atoms with Crippen LogP contribution in [-0.2, 0) is 0 Å². The lowest BCUT2D eigenvalue weighted by Gasteiger charge is -2.13. The average molecular weight is 332 g/mol. The van der Waals surface area contributed by atoms with Crippen molar-refractivity contribution in [2.75, 3.05) is 12.4 Å². The van der Waals surface area contributed by atoms with Crippen molar-refractivity contribution < 1.29 is 9.53 Å². The number of aryl methyl sites for hydroxylation is 1. The molecular formula is C17H18ClN3O2. The molecule has 1 saturated carbocycles. The minimum absolute atomic E-state index is 0.126. The third-order valence-corrected chi connectivity index (χ3v) is 4.08. The predicted molar refractivity (Wildman–Crippen MR) is 90.7 cm³/mol. The second kappa shape index (κ2) is 6.46. The van der Waals surface area contributed by atoms with Crippen LogP contribution in [0.4, 0.5) is 11.4 Å². The normalized spacial score (nSPS) is 13.5. The predicted octanol–water partition coefficient (Wildman–Crippen LogP) is 3.69. The third kappa shape index (κ3) is 3.74. The van der Waals surface area contributed by atoms with Gasteiger partial charge in [0.25, 0.3) is 5.91 Å². The van der Waals surface area contributed by atoms with E-state index in [1.165, 1.54) is 0 Å². The minimum atomic E-state index is -0.126. The van der Waals surface area contributed by atoms with Gasteiger partial charge in [-0.2, -0.15) is 0 Å². The van der Waals surface area contributed by atoms with E-state index >= 15 is 0 Å². The molecule has 5 nitrogen and oxygen atoms in total. The molecule has 2 N–H and O–H groups in total. The molecule has 0 spiro atoms. The van der Waals surface area contributed by atoms with Crippen molar-refractivity contribution in [3.05, 3.63) is 46.7 Å². The number of rotatable bonds is 5. The van der Waals surface area contributed by atoms with E-state index in [4.69, 9.17) is 16.3 Å². The highest BCUT2D eigenvalue weighted by molar-refractivity contribution is 6.31. The van der Waals surface area contributed by atoms with E-state index in [0.717, 1.165) is 29.8 Å². The van der Waals surface area contributed by atoms with E-state index < -0.39 is 0 Å². The maximum atomic E-state index is 11.9. The topological polar surface area (TPSA) is 63.2 Å². The van der Waals surface area contributed by atoms with Gasteiger partial charge in [-0.3, -0.25) is 4.79 Å². The molecule has 2 aromatic rings. The molecule has 1 aliphatic carbocycles. The largest absolute Gasteiger partial charge is 0.495 e. The number of halogens is 1. The Labute approximate surface area is 140 Å². The Morgan fingerprint density at radius 2 is 2.13 bits per heavy atom. The van der Waals surface area contributed by atoms with E-state index in [2.05, 4.69) is 15.6 Å². The van der Waals surface area contributed by atoms with Crippen molar-refractivity contribution in [2.24, 2.45) is 0 Å². The van der Waals surface area contributed by atoms with Gasteiger partial charge in [0.15, 0.2) is 0 Å². The molecule has 23 heavy (non-hydrogen) atoms. The lowest BCUT2D eigenvalue weighted by atomic mass is 10.2. The highest BCUT2D eigenvalue weighted by atomic mass is 35.5. The van der Waals surface area contributed by atoms with Gasteiger partial charge in [-0.05, 0) is 43.5 Å². The van der Waals surface area contributed by atoms with Crippen LogP contribution in [0.15, 0.2) is 30.5 Å². The van der Waals surface area contributed by atoms with Gasteiger partial charge in [-0.25, -0.2) is 4.98 Å². The Morgan fingerprint density at radius 1 is 1.35 bits per heavy atom. The van der Waals surface area contributed by atoms with E-state index in [0.29, 0.717) is 22.5 Å². The van der Waals surface area contributed by atoms with Gasteiger partial charge in [-0.15, -0.1) is 0 Å². The first-order chi connectivity index (χ1) is 11.1. The molecule has 6 heteroatoms. The van der Waals surface area contributed by atoms with Crippen molar-refractivity contribution in [1.29, 1.82) is 0 Å². The molecule has 0 saturated heterocycles. The SMILES string of the molecule is COc1cc(Cl)c(C)cc1Nc1ccc(C(=O)NC2CC2)nc1. The monoisotopic (exact) mass is 331 g/mol. The van der Waals surface area contributed by atoms with Crippen LogP contribution in [0.5, 0.6) is 5.75 Å². The van der Waals surface area contributed by atoms with Crippen LogP contribution < -0.4 is 15.4 Å². The summed E-state index contributed by atoms with van der Waals surface area (Å²) in [5, 5.41) is 6.80. The van der Waals surface area contributed by atoms with Gasteiger partial charge in [0.2, 0.25) is 0 Å². The highest BCUT2D eigenvalue weighted by Crippen LogP contribution is 2.32. The van der Waals surface area contributed by atoms with E-state index in [9.17, 15) is 4.79 Å². The number of pyridine rings is 1. The number of anilines is 2. The zero-order chi connectivity index (χ0) is 16.4. The molecule has 1 amide bonds. The second-order valence-corrected chi connectivity index (χ2v) is 6.01. The summed E-state index contributed by atoms with van der Waals surface area (Å²) in [6.45, 7) is 1.93. The van der Waals surface area contributed by atoms with E-state index in [1.807, 2.05) is 19.1 Å². The van der Waals surface area contributed by atoms with Crippen molar-refractivity contribution in [2.45, 2.75) is 25.8 Å². The van der Waals surface area contributed by atoms with Gasteiger partial charge < -0.3 is 15.4 Å². The number of carbonyl (C=O) groups excluding carboxylic acids is 1. The first-order valence-electron chi connectivity index (χ1n) is 7.45. The summed E-state index contributed by atoms with van der Waals surface area (Å²) >= 11 is 6.11. The summed E-state index contributed by atoms with van der Waals surface area (Å²) in [5.41, 5.74) is 2.93. The van der Waals surface area contributed by atoms with Crippen LogP contribution in [0.3, 0.4) is 0 Å². The zero-order valence-corrected chi connectivity index (χ0v) is 13.8. The van der Waals surface area contributed by atoms with Gasteiger partial charge in [0.1, 0.15) is 11.4 Å². The standard InChI is InChI=1S/C17H18ClN3O2/c1-10-7-15(16(23-2)8-13(10)18)20-12-5-6-14(19-9-12)17(22)21-11-3-4-11/h5-9,11,20H,3-4H2,1-2H3,(H,21,22). The Hall–Kier alpha value is -2.27. The summed E-state index contributed by atoms with van der Waals surface area (Å²) in [5.74, 6) is 0.523. The minimum Gasteiger partial charge on any atom is -0.495 e. The molecule has 1 aromatic heterocycles. The third-order valence-electron chi connectivity index (χ3n) is 3.67. The molecule has 0 aliphatic heterocycles. The number of methoxy groups -OCH3 is 1. The van der Waals surface area contributed by atoms with Gasteiger partial charge in [0, 0.05) is 17.1 Å². The number of amides is 1. The maximum Gasteiger partial charge on any atom is 0.270 e. The number of benzene rings is 1. The lowest BCUT2D eigenvalue weighted by Crippen LogP contribution is -2.26. The number of hydrogen-bond donors (Lipinski definition) is 2. The van der Waals surface area contributed by atoms with E-state index in [-0.39, 0.29) is 5.91 Å². The first kappa shape index (κ1) is 15.6. The second-order valence-electron chi connectivity index (χ2n) is 5.61. The Kier molecular flexibility index (Phi) is 4.39. The number of carbonyl (C=O) groups is 1. The lowest BCUT2D eigenvalue weighted by molar-refractivity contribution is 0.0946. The smallest absolute Gasteiger partial charge is 0.270 e. The molecule has 0 unspecified atom stereocenters. The summed E-state index contributed by atoms with van der Waals surface area (Å²) in [4.78, 5) is 16.1. The van der Waals surface area contributed by atoms with Crippen molar-refractivity contribution in [3.63, 3.8) is 0 Å². The van der Waals surface area contributed by atoms with Gasteiger partial charge >= 0.3 is 0 Å². The molecule has 3 rings (SSSR count). The van der Waals surface area contributed by atoms with E-state index in [1.54, 1.807) is 25.4 Å². The number of aromatic nitrogens is 1. The zero-order valence-electron chi connectivity index (χ0n) is 13.0. The van der Waals surface area contributed by atoms with Crippen LogP contribution in [-0.4, -0.2) is 24.0 Å². The van der Waals surface area contributed by atoms with Crippen molar-refractivity contribution >= 4 is 28.9 Å². The van der Waals surface area contributed by atoms with Gasteiger partial charge in [-0.1, -0.05) is 11.6 Å². The van der Waals surface area contributed by atoms with Crippen LogP contribution in [0, 0.1) is 6.92 Å². The molecule has 120 valence electrons. The molecule has 1 aromatic carbocycles. The number of ether oxygens (including phenoxy) is 1. The fourth-order valence-electron chi connectivity index (χ4n) is 2.17. The first-order valence-corrected chi connectivity index (χ1v) is 7.82. The molecule has 0 radical (unpaired) electrons. The molecule has 0 bridgehead atoms. The molecule has 0 atom stereocenters. The molecule has 1 aliphatic rings. The summed E-state index contributed by atoms with van der Waals surface area (Å²) in [6.07, 6.45) is 3.74. The molecule has 1 heterocycles. The van der Waals surface area contributed by atoms with Crippen LogP contribution in [0.25, 0.3) is 0 Å². The number of nitrogens with zero attached hydrogens (tertiary/aromatic N) is 1. The number of nitrogens with one attached hydrogen (secondary N) is 2. The maximum absolute atomic E-state index is 11.9. The summed E-state index contributed by atoms with van der Waals surface area (Å²) in [6, 6.07) is 7.52. The molecular weight excluding hydrogens is 314 g/mol. The average Bonchev–Trinajstić information content (AvgIpc) is 3.35. The summed E-state index contributed by atoms with van der Waals surface area (Å²) in [7, 11) is 1.59. The quantitative estimate of drug-likeness (QED) is 0.877.